The highest BCUT2D eigenvalue weighted by molar-refractivity contribution is 6.32. The minimum absolute atomic E-state index is 0.0363. The first-order valence-electron chi connectivity index (χ1n) is 5.97. The van der Waals surface area contributed by atoms with Crippen molar-refractivity contribution in [2.75, 3.05) is 0 Å². The summed E-state index contributed by atoms with van der Waals surface area (Å²) in [6.07, 6.45) is 2.25. The van der Waals surface area contributed by atoms with Crippen molar-refractivity contribution < 1.29 is 9.90 Å². The number of phenols is 1. The monoisotopic (exact) mass is 270 g/mol. The van der Waals surface area contributed by atoms with Crippen LogP contribution in [-0.2, 0) is 6.42 Å². The van der Waals surface area contributed by atoms with Gasteiger partial charge in [-0.25, -0.2) is 0 Å². The van der Waals surface area contributed by atoms with E-state index in [-0.39, 0.29) is 11.5 Å². The predicted molar refractivity (Wildman–Crippen MR) is 75.6 cm³/mol. The molecule has 1 aliphatic carbocycles. The molecule has 2 aromatic rings. The van der Waals surface area contributed by atoms with Crippen LogP contribution in [-0.4, -0.2) is 10.9 Å². The Hall–Kier alpha value is -2.06. The van der Waals surface area contributed by atoms with Crippen LogP contribution in [0.5, 0.6) is 5.75 Å². The van der Waals surface area contributed by atoms with Gasteiger partial charge in [-0.05, 0) is 23.8 Å². The molecular weight excluding hydrogens is 260 g/mol. The van der Waals surface area contributed by atoms with Crippen LogP contribution < -0.4 is 0 Å². The maximum atomic E-state index is 12.2. The number of hydrogen-bond acceptors (Lipinski definition) is 2. The number of allylic oxidation sites excluding steroid dienone is 1. The fourth-order valence-corrected chi connectivity index (χ4v) is 2.50. The van der Waals surface area contributed by atoms with Gasteiger partial charge in [-0.1, -0.05) is 41.9 Å². The zero-order chi connectivity index (χ0) is 13.4. The van der Waals surface area contributed by atoms with Gasteiger partial charge in [0.05, 0.1) is 0 Å². The number of fused-ring (bicyclic) bond motifs is 1. The Labute approximate surface area is 116 Å². The van der Waals surface area contributed by atoms with Crippen LogP contribution in [0.25, 0.3) is 6.08 Å². The number of benzene rings is 2. The Morgan fingerprint density at radius 3 is 2.63 bits per heavy atom. The normalized spacial score (nSPS) is 15.8. The lowest BCUT2D eigenvalue weighted by Crippen LogP contribution is -1.95. The van der Waals surface area contributed by atoms with Gasteiger partial charge >= 0.3 is 0 Å². The van der Waals surface area contributed by atoms with Gasteiger partial charge in [0.2, 0.25) is 0 Å². The minimum atomic E-state index is -0.0363. The molecule has 0 aliphatic heterocycles. The van der Waals surface area contributed by atoms with Crippen LogP contribution in [0.3, 0.4) is 0 Å². The number of ketones is 1. The lowest BCUT2D eigenvalue weighted by atomic mass is 10.1. The van der Waals surface area contributed by atoms with Crippen LogP contribution in [0.2, 0.25) is 5.02 Å². The van der Waals surface area contributed by atoms with Crippen LogP contribution >= 0.6 is 11.6 Å². The van der Waals surface area contributed by atoms with E-state index in [1.54, 1.807) is 30.3 Å². The standard InChI is InChI=1S/C16H11ClO2/c17-14-6-2-1-4-10(14)8-11-9-13-12(16(11)19)5-3-7-15(13)18/h1-8,18H,9H2/b11-8-. The highest BCUT2D eigenvalue weighted by Crippen LogP contribution is 2.34. The van der Waals surface area contributed by atoms with Gasteiger partial charge in [-0.2, -0.15) is 0 Å². The number of Topliss-reactive ketones (excluding diaryl/α,β-unsaturated/α-hetero) is 1. The van der Waals surface area contributed by atoms with E-state index in [0.29, 0.717) is 28.1 Å². The summed E-state index contributed by atoms with van der Waals surface area (Å²) in [5, 5.41) is 10.4. The minimum Gasteiger partial charge on any atom is -0.508 e. The average molecular weight is 271 g/mol. The second kappa shape index (κ2) is 4.56. The molecule has 0 heterocycles. The molecule has 0 bridgehead atoms. The Bertz CT molecular complexity index is 702. The largest absolute Gasteiger partial charge is 0.508 e. The van der Waals surface area contributed by atoms with E-state index in [1.807, 2.05) is 18.2 Å². The molecule has 0 unspecified atom stereocenters. The number of phenolic OH excluding ortho intramolecular Hbond substituents is 1. The summed E-state index contributed by atoms with van der Waals surface area (Å²) in [5.74, 6) is 0.138. The maximum absolute atomic E-state index is 12.2. The summed E-state index contributed by atoms with van der Waals surface area (Å²) in [6.45, 7) is 0. The molecule has 0 fully saturated rings. The smallest absolute Gasteiger partial charge is 0.189 e. The second-order valence-electron chi connectivity index (χ2n) is 4.50. The van der Waals surface area contributed by atoms with Crippen molar-refractivity contribution in [3.63, 3.8) is 0 Å². The summed E-state index contributed by atoms with van der Waals surface area (Å²) >= 11 is 6.09. The number of carbonyl (C=O) groups is 1. The fourth-order valence-electron chi connectivity index (χ4n) is 2.31. The number of halogens is 1. The highest BCUT2D eigenvalue weighted by atomic mass is 35.5. The predicted octanol–water partition coefficient (Wildman–Crippen LogP) is 3.87. The zero-order valence-corrected chi connectivity index (χ0v) is 10.8. The van der Waals surface area contributed by atoms with E-state index < -0.39 is 0 Å². The topological polar surface area (TPSA) is 37.3 Å². The molecule has 0 spiro atoms. The third-order valence-corrected chi connectivity index (χ3v) is 3.63. The fraction of sp³-hybridized carbons (Fsp3) is 0.0625. The Kier molecular flexibility index (Phi) is 2.88. The molecule has 3 rings (SSSR count). The molecule has 94 valence electrons. The molecule has 2 nitrogen and oxygen atoms in total. The lowest BCUT2D eigenvalue weighted by molar-refractivity contribution is 0.104. The Balaban J connectivity index is 2.05. The van der Waals surface area contributed by atoms with E-state index in [4.69, 9.17) is 11.6 Å². The van der Waals surface area contributed by atoms with Crippen LogP contribution in [0.4, 0.5) is 0 Å². The van der Waals surface area contributed by atoms with E-state index in [0.717, 1.165) is 5.56 Å². The summed E-state index contributed by atoms with van der Waals surface area (Å²) in [4.78, 5) is 12.2. The highest BCUT2D eigenvalue weighted by Gasteiger charge is 2.26. The van der Waals surface area contributed by atoms with Gasteiger partial charge in [-0.3, -0.25) is 4.79 Å². The zero-order valence-electron chi connectivity index (χ0n) is 10.1. The lowest BCUT2D eigenvalue weighted by Gasteiger charge is -1.99. The number of aromatic hydroxyl groups is 1. The van der Waals surface area contributed by atoms with Crippen molar-refractivity contribution in [3.05, 3.63) is 69.8 Å². The van der Waals surface area contributed by atoms with Crippen LogP contribution in [0.1, 0.15) is 21.5 Å². The number of hydrogen-bond donors (Lipinski definition) is 1. The van der Waals surface area contributed by atoms with E-state index in [1.165, 1.54) is 0 Å². The van der Waals surface area contributed by atoms with Crippen molar-refractivity contribution >= 4 is 23.5 Å². The molecule has 0 amide bonds. The number of carbonyl (C=O) groups excluding carboxylic acids is 1. The van der Waals surface area contributed by atoms with Gasteiger partial charge in [0.1, 0.15) is 5.75 Å². The molecule has 0 radical (unpaired) electrons. The third kappa shape index (κ3) is 2.04. The van der Waals surface area contributed by atoms with Gasteiger partial charge in [0.15, 0.2) is 5.78 Å². The first kappa shape index (κ1) is 12.0. The molecule has 3 heteroatoms. The maximum Gasteiger partial charge on any atom is 0.189 e. The summed E-state index contributed by atoms with van der Waals surface area (Å²) in [7, 11) is 0. The van der Waals surface area contributed by atoms with E-state index in [2.05, 4.69) is 0 Å². The Morgan fingerprint density at radius 2 is 1.89 bits per heavy atom. The van der Waals surface area contributed by atoms with Crippen molar-refractivity contribution in [2.45, 2.75) is 6.42 Å². The SMILES string of the molecule is O=C1/C(=C\c2ccccc2Cl)Cc2c(O)cccc21. The van der Waals surface area contributed by atoms with Gasteiger partial charge in [0, 0.05) is 28.1 Å². The first-order valence-corrected chi connectivity index (χ1v) is 6.35. The molecule has 19 heavy (non-hydrogen) atoms. The van der Waals surface area contributed by atoms with Crippen LogP contribution in [0.15, 0.2) is 48.0 Å². The molecule has 0 saturated carbocycles. The van der Waals surface area contributed by atoms with Crippen molar-refractivity contribution in [1.82, 2.24) is 0 Å². The average Bonchev–Trinajstić information content (AvgIpc) is 2.72. The first-order chi connectivity index (χ1) is 9.16. The molecule has 1 aliphatic rings. The van der Waals surface area contributed by atoms with Gasteiger partial charge in [-0.15, -0.1) is 0 Å². The van der Waals surface area contributed by atoms with Crippen LogP contribution in [0, 0.1) is 0 Å². The molecule has 0 aromatic heterocycles. The van der Waals surface area contributed by atoms with Crippen molar-refractivity contribution in [2.24, 2.45) is 0 Å². The van der Waals surface area contributed by atoms with Gasteiger partial charge < -0.3 is 5.11 Å². The molecular formula is C16H11ClO2. The molecule has 1 N–H and O–H groups in total. The van der Waals surface area contributed by atoms with Gasteiger partial charge in [0.25, 0.3) is 0 Å². The third-order valence-electron chi connectivity index (χ3n) is 3.29. The summed E-state index contributed by atoms with van der Waals surface area (Å²) in [5.41, 5.74) is 2.76. The summed E-state index contributed by atoms with van der Waals surface area (Å²) in [6, 6.07) is 12.4. The molecule has 2 aromatic carbocycles. The Morgan fingerprint density at radius 1 is 1.11 bits per heavy atom. The molecule has 0 saturated heterocycles. The summed E-state index contributed by atoms with van der Waals surface area (Å²) < 4.78 is 0. The van der Waals surface area contributed by atoms with E-state index >= 15 is 0 Å². The second-order valence-corrected chi connectivity index (χ2v) is 4.91. The number of rotatable bonds is 1. The van der Waals surface area contributed by atoms with Crippen molar-refractivity contribution in [1.29, 1.82) is 0 Å². The van der Waals surface area contributed by atoms with E-state index in [9.17, 15) is 9.90 Å². The van der Waals surface area contributed by atoms with Crippen molar-refractivity contribution in [3.8, 4) is 5.75 Å². The quantitative estimate of drug-likeness (QED) is 0.799. The molecule has 0 atom stereocenters.